The van der Waals surface area contributed by atoms with E-state index in [1.807, 2.05) is 4.90 Å². The molecule has 0 bridgehead atoms. The molecule has 5 nitrogen and oxygen atoms in total. The fourth-order valence-corrected chi connectivity index (χ4v) is 3.85. The minimum atomic E-state index is 0.0437. The van der Waals surface area contributed by atoms with Gasteiger partial charge in [-0.15, -0.1) is 11.3 Å². The first-order valence-electron chi connectivity index (χ1n) is 7.85. The predicted molar refractivity (Wildman–Crippen MR) is 90.6 cm³/mol. The summed E-state index contributed by atoms with van der Waals surface area (Å²) in [5, 5.41) is 3.13. The van der Waals surface area contributed by atoms with Crippen LogP contribution in [0.1, 0.15) is 28.3 Å². The van der Waals surface area contributed by atoms with Crippen molar-refractivity contribution >= 4 is 17.4 Å². The maximum absolute atomic E-state index is 12.4. The Morgan fingerprint density at radius 2 is 2.05 bits per heavy atom. The molecule has 1 unspecified atom stereocenters. The number of hydrogen-bond acceptors (Lipinski definition) is 4. The van der Waals surface area contributed by atoms with E-state index in [9.17, 15) is 4.79 Å². The Bertz CT molecular complexity index is 496. The lowest BCUT2D eigenvalue weighted by Gasteiger charge is -2.35. The number of aryl methyl sites for hydroxylation is 2. The van der Waals surface area contributed by atoms with Crippen molar-refractivity contribution in [2.45, 2.75) is 26.8 Å². The number of ether oxygens (including phenoxy) is 1. The lowest BCUT2D eigenvalue weighted by Crippen LogP contribution is -2.52. The minimum Gasteiger partial charge on any atom is -0.383 e. The van der Waals surface area contributed by atoms with E-state index in [0.717, 1.165) is 39.3 Å². The van der Waals surface area contributed by atoms with Gasteiger partial charge in [0.15, 0.2) is 0 Å². The molecule has 0 saturated carbocycles. The zero-order chi connectivity index (χ0) is 16.1. The van der Waals surface area contributed by atoms with E-state index in [4.69, 9.17) is 4.74 Å². The number of hydrogen-bond donors (Lipinski definition) is 1. The van der Waals surface area contributed by atoms with Gasteiger partial charge in [-0.05, 0) is 32.4 Å². The molecule has 1 aliphatic heterocycles. The van der Waals surface area contributed by atoms with Crippen LogP contribution in [0.25, 0.3) is 0 Å². The summed E-state index contributed by atoms with van der Waals surface area (Å²) in [6, 6.07) is 2.28. The van der Waals surface area contributed by atoms with Crippen molar-refractivity contribution in [1.29, 1.82) is 0 Å². The molecule has 1 aromatic heterocycles. The Morgan fingerprint density at radius 3 is 2.59 bits per heavy atom. The molecule has 2 rings (SSSR count). The first kappa shape index (κ1) is 17.2. The Balaban J connectivity index is 1.82. The molecule has 2 amide bonds. The van der Waals surface area contributed by atoms with Crippen LogP contribution in [0.15, 0.2) is 6.07 Å². The molecular formula is C16H27N3O2S. The highest BCUT2D eigenvalue weighted by molar-refractivity contribution is 7.12. The van der Waals surface area contributed by atoms with E-state index < -0.39 is 0 Å². The number of carbonyl (C=O) groups excluding carboxylic acids is 1. The molecule has 1 aliphatic rings. The average Bonchev–Trinajstić information content (AvgIpc) is 2.84. The third-order valence-electron chi connectivity index (χ3n) is 4.16. The molecule has 22 heavy (non-hydrogen) atoms. The molecular weight excluding hydrogens is 298 g/mol. The number of nitrogens with one attached hydrogen (secondary N) is 1. The van der Waals surface area contributed by atoms with Gasteiger partial charge in [-0.3, -0.25) is 4.90 Å². The minimum absolute atomic E-state index is 0.0437. The van der Waals surface area contributed by atoms with Crippen molar-refractivity contribution in [3.05, 3.63) is 21.4 Å². The smallest absolute Gasteiger partial charge is 0.317 e. The van der Waals surface area contributed by atoms with Crippen LogP contribution in [0.4, 0.5) is 4.79 Å². The Morgan fingerprint density at radius 1 is 1.36 bits per heavy atom. The zero-order valence-corrected chi connectivity index (χ0v) is 14.8. The summed E-state index contributed by atoms with van der Waals surface area (Å²) >= 11 is 1.78. The summed E-state index contributed by atoms with van der Waals surface area (Å²) in [6.45, 7) is 11.4. The lowest BCUT2D eigenvalue weighted by atomic mass is 10.1. The largest absolute Gasteiger partial charge is 0.383 e. The number of amides is 2. The first-order chi connectivity index (χ1) is 10.5. The maximum atomic E-state index is 12.4. The summed E-state index contributed by atoms with van der Waals surface area (Å²) < 4.78 is 5.10. The second-order valence-corrected chi connectivity index (χ2v) is 7.32. The maximum Gasteiger partial charge on any atom is 0.317 e. The van der Waals surface area contributed by atoms with Gasteiger partial charge < -0.3 is 15.0 Å². The molecule has 0 radical (unpaired) electrons. The summed E-state index contributed by atoms with van der Waals surface area (Å²) in [7, 11) is 1.72. The molecule has 1 N–H and O–H groups in total. The second kappa shape index (κ2) is 7.94. The fourth-order valence-electron chi connectivity index (χ4n) is 2.83. The highest BCUT2D eigenvalue weighted by Crippen LogP contribution is 2.26. The zero-order valence-electron chi connectivity index (χ0n) is 14.0. The number of methoxy groups -OCH3 is 1. The number of rotatable bonds is 5. The van der Waals surface area contributed by atoms with Gasteiger partial charge in [0.05, 0.1) is 12.6 Å². The number of carbonyl (C=O) groups is 1. The molecule has 0 aliphatic carbocycles. The van der Waals surface area contributed by atoms with E-state index in [1.54, 1.807) is 18.4 Å². The quantitative estimate of drug-likeness (QED) is 0.904. The van der Waals surface area contributed by atoms with Gasteiger partial charge in [-0.2, -0.15) is 0 Å². The van der Waals surface area contributed by atoms with Crippen molar-refractivity contribution < 1.29 is 9.53 Å². The molecule has 1 saturated heterocycles. The highest BCUT2D eigenvalue weighted by atomic mass is 32.1. The molecule has 1 fully saturated rings. The summed E-state index contributed by atoms with van der Waals surface area (Å²) in [4.78, 5) is 19.2. The molecule has 1 aromatic rings. The van der Waals surface area contributed by atoms with Crippen LogP contribution in [0.2, 0.25) is 0 Å². The van der Waals surface area contributed by atoms with Crippen molar-refractivity contribution in [3.8, 4) is 0 Å². The third kappa shape index (κ3) is 4.44. The van der Waals surface area contributed by atoms with Gasteiger partial charge >= 0.3 is 6.03 Å². The van der Waals surface area contributed by atoms with E-state index in [1.165, 1.54) is 15.3 Å². The monoisotopic (exact) mass is 325 g/mol. The topological polar surface area (TPSA) is 44.8 Å². The van der Waals surface area contributed by atoms with Gasteiger partial charge in [0, 0.05) is 49.6 Å². The Kier molecular flexibility index (Phi) is 6.23. The van der Waals surface area contributed by atoms with Crippen LogP contribution in [-0.2, 0) is 4.74 Å². The van der Waals surface area contributed by atoms with E-state index >= 15 is 0 Å². The Labute approximate surface area is 137 Å². The van der Waals surface area contributed by atoms with Crippen LogP contribution >= 0.6 is 11.3 Å². The standard InChI is InChI=1S/C16H27N3O2S/c1-12-11-15(14(3)22-12)13(2)17-16(20)19-7-5-18(6-8-19)9-10-21-4/h11,13H,5-10H2,1-4H3,(H,17,20). The first-order valence-corrected chi connectivity index (χ1v) is 8.66. The molecule has 0 aromatic carbocycles. The normalized spacial score (nSPS) is 17.5. The van der Waals surface area contributed by atoms with E-state index in [2.05, 4.69) is 37.1 Å². The third-order valence-corrected chi connectivity index (χ3v) is 5.14. The summed E-state index contributed by atoms with van der Waals surface area (Å²) in [6.07, 6.45) is 0. The fraction of sp³-hybridized carbons (Fsp3) is 0.688. The molecule has 2 heterocycles. The SMILES string of the molecule is COCCN1CCN(C(=O)NC(C)c2cc(C)sc2C)CC1. The second-order valence-electron chi connectivity index (χ2n) is 5.86. The summed E-state index contributed by atoms with van der Waals surface area (Å²) in [5.74, 6) is 0. The van der Waals surface area contributed by atoms with Crippen LogP contribution in [-0.4, -0.2) is 62.3 Å². The van der Waals surface area contributed by atoms with E-state index in [0.29, 0.717) is 0 Å². The van der Waals surface area contributed by atoms with Gasteiger partial charge in [-0.25, -0.2) is 4.79 Å². The number of urea groups is 1. The van der Waals surface area contributed by atoms with Gasteiger partial charge in [0.2, 0.25) is 0 Å². The number of nitrogens with zero attached hydrogens (tertiary/aromatic N) is 2. The van der Waals surface area contributed by atoms with E-state index in [-0.39, 0.29) is 12.1 Å². The van der Waals surface area contributed by atoms with Gasteiger partial charge in [0.25, 0.3) is 0 Å². The summed E-state index contributed by atoms with van der Waals surface area (Å²) in [5.41, 5.74) is 1.23. The van der Waals surface area contributed by atoms with Crippen LogP contribution < -0.4 is 5.32 Å². The van der Waals surface area contributed by atoms with Crippen LogP contribution in [0.3, 0.4) is 0 Å². The molecule has 124 valence electrons. The Hall–Kier alpha value is -1.11. The number of thiophene rings is 1. The van der Waals surface area contributed by atoms with Crippen molar-refractivity contribution in [3.63, 3.8) is 0 Å². The predicted octanol–water partition coefficient (Wildman–Crippen LogP) is 2.40. The molecule has 6 heteroatoms. The van der Waals surface area contributed by atoms with Crippen LogP contribution in [0, 0.1) is 13.8 Å². The van der Waals surface area contributed by atoms with Crippen molar-refractivity contribution in [1.82, 2.24) is 15.1 Å². The highest BCUT2D eigenvalue weighted by Gasteiger charge is 2.22. The van der Waals surface area contributed by atoms with Crippen molar-refractivity contribution in [2.75, 3.05) is 46.4 Å². The molecule has 1 atom stereocenters. The van der Waals surface area contributed by atoms with Crippen molar-refractivity contribution in [2.24, 2.45) is 0 Å². The number of piperazine rings is 1. The average molecular weight is 325 g/mol. The van der Waals surface area contributed by atoms with Gasteiger partial charge in [-0.1, -0.05) is 0 Å². The lowest BCUT2D eigenvalue weighted by molar-refractivity contribution is 0.105. The van der Waals surface area contributed by atoms with Gasteiger partial charge in [0.1, 0.15) is 0 Å². The molecule has 0 spiro atoms. The van der Waals surface area contributed by atoms with Crippen LogP contribution in [0.5, 0.6) is 0 Å².